The summed E-state index contributed by atoms with van der Waals surface area (Å²) in [5, 5.41) is 11.3. The maximum atomic E-state index is 13.7. The number of anilines is 1. The van der Waals surface area contributed by atoms with Crippen molar-refractivity contribution in [2.45, 2.75) is 0 Å². The minimum absolute atomic E-state index is 0.210. The zero-order valence-corrected chi connectivity index (χ0v) is 21.1. The number of halogens is 1. The fourth-order valence-electron chi connectivity index (χ4n) is 4.65. The molecule has 9 heteroatoms. The molecule has 7 aromatic rings. The third kappa shape index (κ3) is 4.24. The lowest BCUT2D eigenvalue weighted by atomic mass is 10.1. The van der Waals surface area contributed by atoms with Gasteiger partial charge in [-0.25, -0.2) is 4.98 Å². The number of rotatable bonds is 5. The summed E-state index contributed by atoms with van der Waals surface area (Å²) in [4.78, 5) is 26.1. The van der Waals surface area contributed by atoms with Crippen molar-refractivity contribution in [3.63, 3.8) is 0 Å². The number of thiophene rings is 1. The van der Waals surface area contributed by atoms with Crippen LogP contribution in [0.2, 0.25) is 0 Å². The average Bonchev–Trinajstić information content (AvgIpc) is 3.71. The minimum atomic E-state index is -0.217. The Hall–Kier alpha value is -5.15. The Kier molecular flexibility index (Phi) is 5.49. The van der Waals surface area contributed by atoms with Crippen LogP contribution in [0.3, 0.4) is 0 Å². The second-order valence-electron chi connectivity index (χ2n) is 9.00. The van der Waals surface area contributed by atoms with Crippen LogP contribution in [0.25, 0.3) is 55.0 Å². The molecule has 0 aliphatic carbocycles. The van der Waals surface area contributed by atoms with Gasteiger partial charge in [-0.2, -0.15) is 9.49 Å². The van der Waals surface area contributed by atoms with Gasteiger partial charge in [-0.05, 0) is 54.6 Å². The molecule has 2 aromatic carbocycles. The minimum Gasteiger partial charge on any atom is -0.353 e. The third-order valence-corrected chi connectivity index (χ3v) is 7.40. The van der Waals surface area contributed by atoms with E-state index < -0.39 is 0 Å². The number of nitrogens with zero attached hydrogens (tertiary/aromatic N) is 3. The molecule has 0 unspecified atom stereocenters. The zero-order chi connectivity index (χ0) is 26.3. The maximum absolute atomic E-state index is 13.7. The van der Waals surface area contributed by atoms with E-state index in [9.17, 15) is 9.18 Å². The Morgan fingerprint density at radius 2 is 1.79 bits per heavy atom. The summed E-state index contributed by atoms with van der Waals surface area (Å²) in [6.45, 7) is 0. The summed E-state index contributed by atoms with van der Waals surface area (Å²) in [6, 6.07) is 25.9. The second kappa shape index (κ2) is 9.30. The molecule has 0 aliphatic heterocycles. The Balaban J connectivity index is 1.25. The molecule has 0 atom stereocenters. The van der Waals surface area contributed by atoms with Crippen molar-refractivity contribution in [3.8, 4) is 33.1 Å². The van der Waals surface area contributed by atoms with Gasteiger partial charge in [0.25, 0.3) is 5.91 Å². The smallest absolute Gasteiger partial charge is 0.255 e. The van der Waals surface area contributed by atoms with Crippen LogP contribution in [0.4, 0.5) is 10.1 Å². The van der Waals surface area contributed by atoms with Crippen molar-refractivity contribution in [2.75, 3.05) is 5.32 Å². The number of aromatic nitrogens is 5. The quantitative estimate of drug-likeness (QED) is 0.218. The highest BCUT2D eigenvalue weighted by Gasteiger charge is 2.16. The van der Waals surface area contributed by atoms with Crippen LogP contribution < -0.4 is 5.32 Å². The molecule has 39 heavy (non-hydrogen) atoms. The van der Waals surface area contributed by atoms with Crippen LogP contribution in [0.15, 0.2) is 97.3 Å². The molecule has 7 nitrogen and oxygen atoms in total. The van der Waals surface area contributed by atoms with Gasteiger partial charge >= 0.3 is 0 Å². The number of pyridine rings is 2. The normalized spacial score (nSPS) is 11.3. The van der Waals surface area contributed by atoms with Crippen molar-refractivity contribution in [1.82, 2.24) is 25.1 Å². The Morgan fingerprint density at radius 1 is 0.897 bits per heavy atom. The van der Waals surface area contributed by atoms with Gasteiger partial charge in [0, 0.05) is 38.7 Å². The summed E-state index contributed by atoms with van der Waals surface area (Å²) in [5.41, 5.74) is 7.43. The van der Waals surface area contributed by atoms with Gasteiger partial charge in [-0.15, -0.1) is 11.3 Å². The first-order valence-electron chi connectivity index (χ1n) is 12.2. The Labute approximate surface area is 225 Å². The maximum Gasteiger partial charge on any atom is 0.255 e. The summed E-state index contributed by atoms with van der Waals surface area (Å²) >= 11 is 1.12. The van der Waals surface area contributed by atoms with Gasteiger partial charge < -0.3 is 10.3 Å². The van der Waals surface area contributed by atoms with Gasteiger partial charge in [-0.1, -0.05) is 30.3 Å². The highest BCUT2D eigenvalue weighted by atomic mass is 32.1. The standard InChI is InChI=1S/C30H19FN6OS/c31-27-12-11-26(39-27)20-7-4-8-23-21(20)14-25(34-23)29-28-24(36-37-29)10-9-22(35-28)18-13-19(16-32-15-18)33-30(38)17-5-2-1-3-6-17/h1-16,34H,(H,33,38)(H,36,37). The lowest BCUT2D eigenvalue weighted by molar-refractivity contribution is 0.102. The molecule has 0 aliphatic rings. The average molecular weight is 531 g/mol. The van der Waals surface area contributed by atoms with E-state index in [0.717, 1.165) is 49.5 Å². The molecular weight excluding hydrogens is 511 g/mol. The van der Waals surface area contributed by atoms with Gasteiger partial charge in [0.2, 0.25) is 0 Å². The van der Waals surface area contributed by atoms with Crippen LogP contribution in [0.1, 0.15) is 10.4 Å². The van der Waals surface area contributed by atoms with Crippen molar-refractivity contribution in [2.24, 2.45) is 0 Å². The SMILES string of the molecule is O=C(Nc1cncc(-c2ccc3[nH]nc(-c4cc5c(-c6ccc(F)s6)cccc5[nH]4)c3n2)c1)c1ccccc1. The molecule has 0 saturated heterocycles. The van der Waals surface area contributed by atoms with Crippen molar-refractivity contribution in [1.29, 1.82) is 0 Å². The largest absolute Gasteiger partial charge is 0.353 e. The summed E-state index contributed by atoms with van der Waals surface area (Å²) in [7, 11) is 0. The molecule has 188 valence electrons. The lowest BCUT2D eigenvalue weighted by Gasteiger charge is -2.07. The number of carbonyl (C=O) groups excluding carboxylic acids is 1. The van der Waals surface area contributed by atoms with Gasteiger partial charge in [0.1, 0.15) is 11.2 Å². The van der Waals surface area contributed by atoms with Crippen LogP contribution in [-0.4, -0.2) is 31.1 Å². The fourth-order valence-corrected chi connectivity index (χ4v) is 5.42. The second-order valence-corrected chi connectivity index (χ2v) is 10.0. The van der Waals surface area contributed by atoms with Crippen molar-refractivity contribution >= 4 is 44.9 Å². The number of fused-ring (bicyclic) bond motifs is 2. The Morgan fingerprint density at radius 3 is 2.64 bits per heavy atom. The predicted octanol–water partition coefficient (Wildman–Crippen LogP) is 7.29. The molecule has 0 bridgehead atoms. The lowest BCUT2D eigenvalue weighted by Crippen LogP contribution is -2.11. The molecule has 0 radical (unpaired) electrons. The third-order valence-electron chi connectivity index (χ3n) is 6.49. The topological polar surface area (TPSA) is 99.4 Å². The fraction of sp³-hybridized carbons (Fsp3) is 0. The van der Waals surface area contributed by atoms with Crippen molar-refractivity contribution < 1.29 is 9.18 Å². The molecule has 5 aromatic heterocycles. The van der Waals surface area contributed by atoms with E-state index in [2.05, 4.69) is 25.5 Å². The number of carbonyl (C=O) groups is 1. The van der Waals surface area contributed by atoms with Gasteiger partial charge in [0.15, 0.2) is 5.13 Å². The summed E-state index contributed by atoms with van der Waals surface area (Å²) < 4.78 is 13.7. The summed E-state index contributed by atoms with van der Waals surface area (Å²) in [5.74, 6) is -0.210. The molecular formula is C30H19FN6OS. The van der Waals surface area contributed by atoms with E-state index in [4.69, 9.17) is 4.98 Å². The number of benzene rings is 2. The van der Waals surface area contributed by atoms with Gasteiger partial charge in [-0.3, -0.25) is 14.9 Å². The number of hydrogen-bond acceptors (Lipinski definition) is 5. The van der Waals surface area contributed by atoms with E-state index >= 15 is 0 Å². The molecule has 5 heterocycles. The number of aromatic amines is 2. The van der Waals surface area contributed by atoms with E-state index in [1.165, 1.54) is 6.07 Å². The Bertz CT molecular complexity index is 1990. The van der Waals surface area contributed by atoms with E-state index in [0.29, 0.717) is 28.2 Å². The first-order chi connectivity index (χ1) is 19.1. The number of amides is 1. The molecule has 3 N–H and O–H groups in total. The van der Waals surface area contributed by atoms with E-state index in [1.54, 1.807) is 30.6 Å². The number of nitrogens with one attached hydrogen (secondary N) is 3. The first kappa shape index (κ1) is 23.0. The highest BCUT2D eigenvalue weighted by molar-refractivity contribution is 7.14. The molecule has 7 rings (SSSR count). The number of hydrogen-bond donors (Lipinski definition) is 3. The monoisotopic (exact) mass is 530 g/mol. The van der Waals surface area contributed by atoms with Crippen LogP contribution in [0, 0.1) is 5.13 Å². The molecule has 1 amide bonds. The summed E-state index contributed by atoms with van der Waals surface area (Å²) in [6.07, 6.45) is 3.31. The van der Waals surface area contributed by atoms with E-state index in [1.807, 2.05) is 60.7 Å². The highest BCUT2D eigenvalue weighted by Crippen LogP contribution is 2.36. The van der Waals surface area contributed by atoms with Crippen molar-refractivity contribution in [3.05, 3.63) is 108 Å². The zero-order valence-electron chi connectivity index (χ0n) is 20.3. The first-order valence-corrected chi connectivity index (χ1v) is 13.0. The predicted molar refractivity (Wildman–Crippen MR) is 152 cm³/mol. The van der Waals surface area contributed by atoms with E-state index in [-0.39, 0.29) is 11.0 Å². The number of H-pyrrole nitrogens is 2. The van der Waals surface area contributed by atoms with Gasteiger partial charge in [0.05, 0.1) is 28.8 Å². The van der Waals surface area contributed by atoms with Crippen LogP contribution in [-0.2, 0) is 0 Å². The molecule has 0 saturated carbocycles. The van der Waals surface area contributed by atoms with Crippen LogP contribution in [0.5, 0.6) is 0 Å². The molecule has 0 spiro atoms. The molecule has 0 fully saturated rings. The van der Waals surface area contributed by atoms with Crippen LogP contribution >= 0.6 is 11.3 Å².